The Morgan fingerprint density at radius 2 is 1.54 bits per heavy atom. The third-order valence-corrected chi connectivity index (χ3v) is 14.2. The molecule has 4 aliphatic rings. The van der Waals surface area contributed by atoms with Gasteiger partial charge in [-0.25, -0.2) is 4.79 Å². The van der Waals surface area contributed by atoms with E-state index < -0.39 is 0 Å². The van der Waals surface area contributed by atoms with Crippen LogP contribution in [0.25, 0.3) is 0 Å². The highest BCUT2D eigenvalue weighted by Crippen LogP contribution is 2.67. The van der Waals surface area contributed by atoms with Gasteiger partial charge in [0.05, 0.1) is 11.7 Å². The van der Waals surface area contributed by atoms with Crippen LogP contribution in [0.3, 0.4) is 0 Å². The van der Waals surface area contributed by atoms with Crippen molar-refractivity contribution in [1.29, 1.82) is 0 Å². The van der Waals surface area contributed by atoms with E-state index in [1.807, 2.05) is 24.3 Å². The molecule has 9 atom stereocenters. The Bertz CT molecular complexity index is 1180. The molecule has 0 aromatic heterocycles. The minimum absolute atomic E-state index is 0.0114. The van der Waals surface area contributed by atoms with Gasteiger partial charge in [0.25, 0.3) is 0 Å². The molecule has 0 radical (unpaired) electrons. The van der Waals surface area contributed by atoms with E-state index in [2.05, 4.69) is 54.5 Å². The van der Waals surface area contributed by atoms with Crippen LogP contribution in [-0.4, -0.2) is 18.2 Å². The zero-order valence-electron chi connectivity index (χ0n) is 32.2. The van der Waals surface area contributed by atoms with E-state index in [1.54, 1.807) is 5.57 Å². The fourth-order valence-electron chi connectivity index (χ4n) is 11.3. The molecule has 0 spiro atoms. The molecule has 1 aromatic rings. The normalized spacial score (nSPS) is 32.5. The lowest BCUT2D eigenvalue weighted by atomic mass is 9.47. The molecule has 2 unspecified atom stereocenters. The van der Waals surface area contributed by atoms with E-state index in [0.29, 0.717) is 11.0 Å². The lowest BCUT2D eigenvalue weighted by molar-refractivity contribution is -0.0594. The predicted molar refractivity (Wildman–Crippen MR) is 201 cm³/mol. The summed E-state index contributed by atoms with van der Waals surface area (Å²) in [7, 11) is 0. The maximum atomic E-state index is 13.2. The molecule has 5 rings (SSSR count). The van der Waals surface area contributed by atoms with E-state index in [9.17, 15) is 4.79 Å². The number of carbonyl (C=O) groups excluding carboxylic acids is 1. The number of benzene rings is 1. The second-order valence-electron chi connectivity index (χ2n) is 17.9. The van der Waals surface area contributed by atoms with Crippen molar-refractivity contribution < 1.29 is 14.3 Å². The van der Waals surface area contributed by atoms with Crippen LogP contribution in [0.2, 0.25) is 0 Å². The van der Waals surface area contributed by atoms with Crippen molar-refractivity contribution in [2.24, 2.45) is 46.3 Å². The average molecular weight is 661 g/mol. The molecule has 0 amide bonds. The van der Waals surface area contributed by atoms with Crippen LogP contribution in [-0.2, 0) is 4.74 Å². The molecule has 0 heterocycles. The van der Waals surface area contributed by atoms with Crippen molar-refractivity contribution in [3.63, 3.8) is 0 Å². The average Bonchev–Trinajstić information content (AvgIpc) is 3.42. The number of allylic oxidation sites excluding steroid dienone is 1. The molecule has 4 aliphatic carbocycles. The molecule has 3 fully saturated rings. The number of unbranched alkanes of at least 4 members (excludes halogenated alkanes) is 6. The van der Waals surface area contributed by atoms with E-state index in [-0.39, 0.29) is 23.6 Å². The third-order valence-electron chi connectivity index (χ3n) is 14.2. The van der Waals surface area contributed by atoms with Crippen molar-refractivity contribution in [1.82, 2.24) is 0 Å². The number of fused-ring (bicyclic) bond motifs is 5. The van der Waals surface area contributed by atoms with Crippen LogP contribution in [0.1, 0.15) is 181 Å². The van der Waals surface area contributed by atoms with Crippen LogP contribution >= 0.6 is 0 Å². The van der Waals surface area contributed by atoms with Crippen LogP contribution in [0.5, 0.6) is 5.75 Å². The van der Waals surface area contributed by atoms with Gasteiger partial charge in [0.15, 0.2) is 0 Å². The monoisotopic (exact) mass is 661 g/mol. The molecule has 1 aromatic carbocycles. The van der Waals surface area contributed by atoms with Gasteiger partial charge in [-0.1, -0.05) is 111 Å². The maximum Gasteiger partial charge on any atom is 0.338 e. The first-order valence-electron chi connectivity index (χ1n) is 20.7. The number of esters is 1. The minimum atomic E-state index is -0.187. The lowest BCUT2D eigenvalue weighted by Gasteiger charge is -2.58. The highest BCUT2D eigenvalue weighted by molar-refractivity contribution is 5.89. The molecule has 3 nitrogen and oxygen atoms in total. The molecular formula is C45H72O3. The van der Waals surface area contributed by atoms with E-state index in [1.165, 1.54) is 96.3 Å². The summed E-state index contributed by atoms with van der Waals surface area (Å²) in [6, 6.07) is 7.65. The zero-order valence-corrected chi connectivity index (χ0v) is 32.2. The van der Waals surface area contributed by atoms with Gasteiger partial charge < -0.3 is 9.47 Å². The van der Waals surface area contributed by atoms with Gasteiger partial charge in [0.2, 0.25) is 0 Å². The summed E-state index contributed by atoms with van der Waals surface area (Å²) in [5.41, 5.74) is 3.03. The summed E-state index contributed by atoms with van der Waals surface area (Å²) in [6.07, 6.45) is 27.3. The van der Waals surface area contributed by atoms with Gasteiger partial charge in [0.1, 0.15) is 11.9 Å². The Labute approximate surface area is 295 Å². The summed E-state index contributed by atoms with van der Waals surface area (Å²) in [5, 5.41) is 0. The Morgan fingerprint density at radius 3 is 2.27 bits per heavy atom. The minimum Gasteiger partial charge on any atom is -0.491 e. The second kappa shape index (κ2) is 17.0. The first-order chi connectivity index (χ1) is 23.0. The van der Waals surface area contributed by atoms with Crippen molar-refractivity contribution in [3.05, 3.63) is 41.5 Å². The van der Waals surface area contributed by atoms with E-state index in [4.69, 9.17) is 9.47 Å². The number of carbonyl (C=O) groups is 1. The van der Waals surface area contributed by atoms with E-state index >= 15 is 0 Å². The summed E-state index contributed by atoms with van der Waals surface area (Å²) in [5.74, 6) is 5.76. The maximum absolute atomic E-state index is 13.2. The molecule has 270 valence electrons. The zero-order chi connectivity index (χ0) is 34.3. The standard InChI is InChI=1S/C45H72O3/c1-8-9-10-11-12-13-14-18-34(5)47-37-22-19-35(20-23-37)43(46)48-38-27-29-44(6)36(31-38)21-24-39-41-26-25-40(33(4)17-15-16-32(2)3)45(41,7)30-28-42(39)44/h19-23,32-34,38-42H,8-18,24-31H2,1-7H3/t33-,34?,38?,39+,40-,41+,42+,44+,45-/m1/s1. The fraction of sp³-hybridized carbons (Fsp3) is 0.800. The highest BCUT2D eigenvalue weighted by Gasteiger charge is 2.59. The van der Waals surface area contributed by atoms with Crippen LogP contribution in [0.4, 0.5) is 0 Å². The molecule has 3 saturated carbocycles. The molecule has 0 aliphatic heterocycles. The van der Waals surface area contributed by atoms with E-state index in [0.717, 1.165) is 66.9 Å². The number of rotatable bonds is 17. The summed E-state index contributed by atoms with van der Waals surface area (Å²) < 4.78 is 12.4. The van der Waals surface area contributed by atoms with Crippen LogP contribution < -0.4 is 4.74 Å². The first kappa shape index (κ1) is 37.5. The summed E-state index contributed by atoms with van der Waals surface area (Å²) >= 11 is 0. The first-order valence-corrected chi connectivity index (χ1v) is 20.7. The van der Waals surface area contributed by atoms with Gasteiger partial charge in [-0.05, 0) is 135 Å². The van der Waals surface area contributed by atoms with Crippen molar-refractivity contribution in [3.8, 4) is 5.75 Å². The van der Waals surface area contributed by atoms with Gasteiger partial charge >= 0.3 is 5.97 Å². The molecule has 0 saturated heterocycles. The van der Waals surface area contributed by atoms with Crippen molar-refractivity contribution >= 4 is 5.97 Å². The quantitative estimate of drug-likeness (QED) is 0.0947. The van der Waals surface area contributed by atoms with Crippen LogP contribution in [0.15, 0.2) is 35.9 Å². The predicted octanol–water partition coefficient (Wildman–Crippen LogP) is 13.2. The molecule has 48 heavy (non-hydrogen) atoms. The topological polar surface area (TPSA) is 35.5 Å². The van der Waals surface area contributed by atoms with Crippen molar-refractivity contribution in [2.45, 2.75) is 183 Å². The SMILES string of the molecule is CCCCCCCCCC(C)Oc1ccc(C(=O)OC2CC[C@@]3(C)C(=CC[C@H]4[C@@H]5CC[C@H]([C@H](C)CCCC(C)C)[C@@]5(C)CC[C@@H]43)C2)cc1. The number of hydrogen-bond donors (Lipinski definition) is 0. The Kier molecular flexibility index (Phi) is 13.2. The smallest absolute Gasteiger partial charge is 0.338 e. The molecular weight excluding hydrogens is 588 g/mol. The number of ether oxygens (including phenoxy) is 2. The lowest BCUT2D eigenvalue weighted by Crippen LogP contribution is -2.51. The van der Waals surface area contributed by atoms with Crippen molar-refractivity contribution in [2.75, 3.05) is 0 Å². The largest absolute Gasteiger partial charge is 0.491 e. The fourth-order valence-corrected chi connectivity index (χ4v) is 11.3. The molecule has 0 bridgehead atoms. The Hall–Kier alpha value is -1.77. The summed E-state index contributed by atoms with van der Waals surface area (Å²) in [4.78, 5) is 13.2. The molecule has 0 N–H and O–H groups in total. The van der Waals surface area contributed by atoms with Crippen LogP contribution in [0, 0.1) is 46.3 Å². The van der Waals surface area contributed by atoms with Gasteiger partial charge in [-0.3, -0.25) is 0 Å². The third kappa shape index (κ3) is 8.74. The Morgan fingerprint density at radius 1 is 0.812 bits per heavy atom. The molecule has 3 heteroatoms. The Balaban J connectivity index is 1.10. The van der Waals surface area contributed by atoms with Gasteiger partial charge in [0, 0.05) is 6.42 Å². The van der Waals surface area contributed by atoms with Gasteiger partial charge in [-0.2, -0.15) is 0 Å². The summed E-state index contributed by atoms with van der Waals surface area (Å²) in [6.45, 7) is 17.0. The van der Waals surface area contributed by atoms with Gasteiger partial charge in [-0.15, -0.1) is 0 Å². The highest BCUT2D eigenvalue weighted by atomic mass is 16.5. The second-order valence-corrected chi connectivity index (χ2v) is 17.9. The number of hydrogen-bond acceptors (Lipinski definition) is 3.